The van der Waals surface area contributed by atoms with E-state index in [4.69, 9.17) is 9.97 Å². The van der Waals surface area contributed by atoms with E-state index >= 15 is 0 Å². The van der Waals surface area contributed by atoms with Gasteiger partial charge < -0.3 is 10.0 Å². The predicted molar refractivity (Wildman–Crippen MR) is 104 cm³/mol. The van der Waals surface area contributed by atoms with E-state index in [2.05, 4.69) is 44.0 Å². The molecule has 3 rings (SSSR count). The van der Waals surface area contributed by atoms with Gasteiger partial charge in [-0.3, -0.25) is 0 Å². The van der Waals surface area contributed by atoms with E-state index in [0.29, 0.717) is 11.4 Å². The molecule has 0 unspecified atom stereocenters. The van der Waals surface area contributed by atoms with E-state index in [1.165, 1.54) is 5.56 Å². The van der Waals surface area contributed by atoms with Crippen molar-refractivity contribution in [2.24, 2.45) is 0 Å². The molecule has 0 fully saturated rings. The summed E-state index contributed by atoms with van der Waals surface area (Å²) in [7, 11) is 2.07. The first-order chi connectivity index (χ1) is 12.1. The Balaban J connectivity index is 2.19. The van der Waals surface area contributed by atoms with Gasteiger partial charge in [0, 0.05) is 19.0 Å². The van der Waals surface area contributed by atoms with Crippen LogP contribution in [-0.2, 0) is 6.42 Å². The Morgan fingerprint density at radius 1 is 1.04 bits per heavy atom. The van der Waals surface area contributed by atoms with E-state index in [9.17, 15) is 5.11 Å². The number of anilines is 1. The Morgan fingerprint density at radius 3 is 2.56 bits per heavy atom. The number of phenols is 1. The van der Waals surface area contributed by atoms with Crippen LogP contribution in [0.25, 0.3) is 22.3 Å². The van der Waals surface area contributed by atoms with Crippen LogP contribution >= 0.6 is 0 Å². The average molecular weight is 335 g/mol. The highest BCUT2D eigenvalue weighted by molar-refractivity contribution is 5.91. The van der Waals surface area contributed by atoms with Crippen molar-refractivity contribution in [3.05, 3.63) is 48.0 Å². The zero-order valence-electron chi connectivity index (χ0n) is 15.2. The third-order valence-electron chi connectivity index (χ3n) is 4.50. The number of aromatic nitrogens is 2. The Hall–Kier alpha value is -2.62. The Labute approximate surface area is 149 Å². The van der Waals surface area contributed by atoms with Crippen molar-refractivity contribution in [3.63, 3.8) is 0 Å². The lowest BCUT2D eigenvalue weighted by Crippen LogP contribution is -2.20. The van der Waals surface area contributed by atoms with Gasteiger partial charge in [0.25, 0.3) is 0 Å². The number of benzene rings is 2. The molecule has 0 saturated carbocycles. The van der Waals surface area contributed by atoms with Crippen molar-refractivity contribution in [1.29, 1.82) is 0 Å². The molecule has 0 bridgehead atoms. The van der Waals surface area contributed by atoms with Gasteiger partial charge in [0.2, 0.25) is 0 Å². The fraction of sp³-hybridized carbons (Fsp3) is 0.333. The van der Waals surface area contributed by atoms with Gasteiger partial charge in [0.1, 0.15) is 11.6 Å². The van der Waals surface area contributed by atoms with Gasteiger partial charge in [-0.2, -0.15) is 0 Å². The number of aryl methyl sites for hydroxylation is 1. The standard InChI is InChI=1S/C21H25N3O/c1-4-6-13-24(3)21-16-12-11-15(5-2)14-18(16)22-20(23-21)17-9-7-8-10-19(17)25/h7-12,14,25H,4-6,13H2,1-3H3. The summed E-state index contributed by atoms with van der Waals surface area (Å²) >= 11 is 0. The van der Waals surface area contributed by atoms with Crippen molar-refractivity contribution in [2.75, 3.05) is 18.5 Å². The number of nitrogens with zero attached hydrogens (tertiary/aromatic N) is 3. The van der Waals surface area contributed by atoms with Crippen LogP contribution in [0.1, 0.15) is 32.3 Å². The summed E-state index contributed by atoms with van der Waals surface area (Å²) in [5.41, 5.74) is 2.83. The molecule has 130 valence electrons. The minimum atomic E-state index is 0.204. The molecule has 1 aromatic heterocycles. The number of hydrogen-bond donors (Lipinski definition) is 1. The van der Waals surface area contributed by atoms with Crippen LogP contribution < -0.4 is 4.90 Å². The molecule has 2 aromatic carbocycles. The van der Waals surface area contributed by atoms with Gasteiger partial charge in [-0.15, -0.1) is 0 Å². The minimum absolute atomic E-state index is 0.204. The first-order valence-electron chi connectivity index (χ1n) is 8.94. The maximum atomic E-state index is 10.2. The summed E-state index contributed by atoms with van der Waals surface area (Å²) in [6.45, 7) is 5.27. The van der Waals surface area contributed by atoms with E-state index in [1.54, 1.807) is 6.07 Å². The van der Waals surface area contributed by atoms with Crippen molar-refractivity contribution in [1.82, 2.24) is 9.97 Å². The van der Waals surface area contributed by atoms with Crippen LogP contribution in [0, 0.1) is 0 Å². The smallest absolute Gasteiger partial charge is 0.165 e. The van der Waals surface area contributed by atoms with Crippen LogP contribution in [0.3, 0.4) is 0 Å². The lowest BCUT2D eigenvalue weighted by atomic mass is 10.1. The first kappa shape index (κ1) is 17.2. The lowest BCUT2D eigenvalue weighted by molar-refractivity contribution is 0.477. The van der Waals surface area contributed by atoms with Crippen LogP contribution in [0.4, 0.5) is 5.82 Å². The van der Waals surface area contributed by atoms with Gasteiger partial charge in [-0.25, -0.2) is 9.97 Å². The number of hydrogen-bond acceptors (Lipinski definition) is 4. The number of fused-ring (bicyclic) bond motifs is 1. The maximum Gasteiger partial charge on any atom is 0.165 e. The fourth-order valence-electron chi connectivity index (χ4n) is 2.95. The van der Waals surface area contributed by atoms with Crippen molar-refractivity contribution >= 4 is 16.7 Å². The van der Waals surface area contributed by atoms with Crippen molar-refractivity contribution < 1.29 is 5.11 Å². The third-order valence-corrected chi connectivity index (χ3v) is 4.50. The predicted octanol–water partition coefficient (Wildman–Crippen LogP) is 4.80. The second-order valence-electron chi connectivity index (χ2n) is 6.37. The number of aromatic hydroxyl groups is 1. The maximum absolute atomic E-state index is 10.2. The molecule has 0 radical (unpaired) electrons. The second kappa shape index (κ2) is 7.51. The van der Waals surface area contributed by atoms with Crippen LogP contribution in [0.15, 0.2) is 42.5 Å². The molecule has 1 heterocycles. The Kier molecular flexibility index (Phi) is 5.17. The first-order valence-corrected chi connectivity index (χ1v) is 8.94. The zero-order chi connectivity index (χ0) is 17.8. The molecule has 0 spiro atoms. The van der Waals surface area contributed by atoms with Crippen LogP contribution in [0.5, 0.6) is 5.75 Å². The SMILES string of the molecule is CCCCN(C)c1nc(-c2ccccc2O)nc2cc(CC)ccc12. The molecule has 0 aliphatic carbocycles. The number of para-hydroxylation sites is 1. The summed E-state index contributed by atoms with van der Waals surface area (Å²) in [6, 6.07) is 13.6. The molecule has 0 aliphatic rings. The van der Waals surface area contributed by atoms with Gasteiger partial charge in [-0.05, 0) is 42.7 Å². The number of rotatable bonds is 6. The highest BCUT2D eigenvalue weighted by Gasteiger charge is 2.15. The summed E-state index contributed by atoms with van der Waals surface area (Å²) in [4.78, 5) is 11.7. The topological polar surface area (TPSA) is 49.2 Å². The third kappa shape index (κ3) is 3.58. The van der Waals surface area contributed by atoms with Gasteiger partial charge in [0.05, 0.1) is 11.1 Å². The molecule has 4 nitrogen and oxygen atoms in total. The number of unbranched alkanes of at least 4 members (excludes halogenated alkanes) is 1. The Bertz CT molecular complexity index is 876. The zero-order valence-corrected chi connectivity index (χ0v) is 15.2. The average Bonchev–Trinajstić information content (AvgIpc) is 2.65. The quantitative estimate of drug-likeness (QED) is 0.703. The van der Waals surface area contributed by atoms with E-state index in [1.807, 2.05) is 18.2 Å². The largest absolute Gasteiger partial charge is 0.507 e. The summed E-state index contributed by atoms with van der Waals surface area (Å²) in [5, 5.41) is 11.3. The van der Waals surface area contributed by atoms with Gasteiger partial charge >= 0.3 is 0 Å². The fourth-order valence-corrected chi connectivity index (χ4v) is 2.95. The van der Waals surface area contributed by atoms with Crippen LogP contribution in [-0.4, -0.2) is 28.7 Å². The Morgan fingerprint density at radius 2 is 1.84 bits per heavy atom. The summed E-state index contributed by atoms with van der Waals surface area (Å²) in [6.07, 6.45) is 3.22. The molecule has 0 amide bonds. The molecular weight excluding hydrogens is 310 g/mol. The molecule has 1 N–H and O–H groups in total. The number of phenolic OH excluding ortho intramolecular Hbond substituents is 1. The molecular formula is C21H25N3O. The minimum Gasteiger partial charge on any atom is -0.507 e. The molecule has 0 saturated heterocycles. The molecule has 0 atom stereocenters. The van der Waals surface area contributed by atoms with Gasteiger partial charge in [0.15, 0.2) is 5.82 Å². The summed E-state index contributed by atoms with van der Waals surface area (Å²) < 4.78 is 0. The van der Waals surface area contributed by atoms with E-state index in [0.717, 1.165) is 42.5 Å². The van der Waals surface area contributed by atoms with Gasteiger partial charge in [-0.1, -0.05) is 38.5 Å². The molecule has 3 aromatic rings. The highest BCUT2D eigenvalue weighted by atomic mass is 16.3. The van der Waals surface area contributed by atoms with Crippen molar-refractivity contribution in [3.8, 4) is 17.1 Å². The highest BCUT2D eigenvalue weighted by Crippen LogP contribution is 2.31. The van der Waals surface area contributed by atoms with Crippen LogP contribution in [0.2, 0.25) is 0 Å². The lowest BCUT2D eigenvalue weighted by Gasteiger charge is -2.21. The van der Waals surface area contributed by atoms with E-state index in [-0.39, 0.29) is 5.75 Å². The summed E-state index contributed by atoms with van der Waals surface area (Å²) in [5.74, 6) is 1.69. The normalized spacial score (nSPS) is 11.0. The molecule has 4 heteroatoms. The van der Waals surface area contributed by atoms with Crippen molar-refractivity contribution in [2.45, 2.75) is 33.1 Å². The monoisotopic (exact) mass is 335 g/mol. The molecule has 0 aliphatic heterocycles. The second-order valence-corrected chi connectivity index (χ2v) is 6.37. The van der Waals surface area contributed by atoms with E-state index < -0.39 is 0 Å². The molecule has 25 heavy (non-hydrogen) atoms.